The van der Waals surface area contributed by atoms with E-state index in [0.29, 0.717) is 10.6 Å². The van der Waals surface area contributed by atoms with E-state index in [1.165, 1.54) is 0 Å². The monoisotopic (exact) mass is 197 g/mol. The lowest BCUT2D eigenvalue weighted by Crippen LogP contribution is -2.03. The summed E-state index contributed by atoms with van der Waals surface area (Å²) in [5.41, 5.74) is 0.643. The van der Waals surface area contributed by atoms with Crippen molar-refractivity contribution < 1.29 is 9.90 Å². The molecule has 1 aromatic carbocycles. The summed E-state index contributed by atoms with van der Waals surface area (Å²) >= 11 is 5.71. The molecule has 0 spiro atoms. The van der Waals surface area contributed by atoms with E-state index < -0.39 is 6.10 Å². The van der Waals surface area contributed by atoms with Gasteiger partial charge in [-0.15, -0.1) is 0 Å². The summed E-state index contributed by atoms with van der Waals surface area (Å²) < 4.78 is 0. The molecule has 1 aromatic rings. The van der Waals surface area contributed by atoms with Crippen LogP contribution in [0.25, 0.3) is 0 Å². The van der Waals surface area contributed by atoms with Gasteiger partial charge in [-0.05, 0) is 17.7 Å². The summed E-state index contributed by atoms with van der Waals surface area (Å²) in [7, 11) is 0. The summed E-state index contributed by atoms with van der Waals surface area (Å²) in [6.07, 6.45) is -0.774. The maximum absolute atomic E-state index is 10.6. The fourth-order valence-electron chi connectivity index (χ4n) is 1.05. The molecule has 0 aliphatic rings. The van der Waals surface area contributed by atoms with Crippen molar-refractivity contribution in [2.45, 2.75) is 12.5 Å². The standard InChI is InChI=1S/C10H10ClO2/c1-7(12)5-10(13)8-3-2-4-9(11)6-8/h2-4,6,10,13H,1,5H2/q+1/t10-/m1/s1. The lowest BCUT2D eigenvalue weighted by Gasteiger charge is -2.06. The molecule has 13 heavy (non-hydrogen) atoms. The largest absolute Gasteiger partial charge is 0.388 e. The van der Waals surface area contributed by atoms with Crippen LogP contribution in [0.2, 0.25) is 5.02 Å². The van der Waals surface area contributed by atoms with Gasteiger partial charge < -0.3 is 5.11 Å². The third kappa shape index (κ3) is 3.09. The minimum atomic E-state index is -0.802. The molecule has 0 saturated heterocycles. The Kier molecular flexibility index (Phi) is 3.34. The normalized spacial score (nSPS) is 12.5. The highest BCUT2D eigenvalue weighted by molar-refractivity contribution is 6.30. The topological polar surface area (TPSA) is 37.3 Å². The third-order valence-corrected chi connectivity index (χ3v) is 1.89. The molecule has 0 radical (unpaired) electrons. The highest BCUT2D eigenvalue weighted by Gasteiger charge is 2.13. The highest BCUT2D eigenvalue weighted by Crippen LogP contribution is 2.20. The zero-order chi connectivity index (χ0) is 9.84. The Morgan fingerprint density at radius 1 is 1.62 bits per heavy atom. The number of halogens is 1. The SMILES string of the molecule is [CH2+]C(=O)C[C@@H](O)c1cccc(Cl)c1. The molecular formula is C10H10ClO2+. The molecule has 1 atom stereocenters. The third-order valence-electron chi connectivity index (χ3n) is 1.65. The van der Waals surface area contributed by atoms with Gasteiger partial charge in [0.05, 0.1) is 12.5 Å². The van der Waals surface area contributed by atoms with Crippen molar-refractivity contribution in [3.05, 3.63) is 41.8 Å². The second-order valence-corrected chi connectivity index (χ2v) is 3.25. The average molecular weight is 198 g/mol. The van der Waals surface area contributed by atoms with E-state index in [1.54, 1.807) is 24.3 Å². The van der Waals surface area contributed by atoms with E-state index in [1.807, 2.05) is 0 Å². The number of hydrogen-bond acceptors (Lipinski definition) is 2. The number of aliphatic hydroxyl groups excluding tert-OH is 1. The molecule has 0 saturated carbocycles. The second-order valence-electron chi connectivity index (χ2n) is 2.81. The van der Waals surface area contributed by atoms with Gasteiger partial charge in [-0.1, -0.05) is 23.7 Å². The van der Waals surface area contributed by atoms with Crippen LogP contribution in [-0.4, -0.2) is 10.9 Å². The van der Waals surface area contributed by atoms with Crippen LogP contribution in [0.15, 0.2) is 24.3 Å². The summed E-state index contributed by atoms with van der Waals surface area (Å²) in [4.78, 5) is 10.6. The minimum Gasteiger partial charge on any atom is -0.388 e. The quantitative estimate of drug-likeness (QED) is 0.755. The first-order valence-corrected chi connectivity index (χ1v) is 4.25. The Labute approximate surface area is 82.2 Å². The smallest absolute Gasteiger partial charge is 0.306 e. The first-order chi connectivity index (χ1) is 6.09. The van der Waals surface area contributed by atoms with Crippen molar-refractivity contribution in [3.63, 3.8) is 0 Å². The predicted molar refractivity (Wildman–Crippen MR) is 51.4 cm³/mol. The van der Waals surface area contributed by atoms with E-state index >= 15 is 0 Å². The molecule has 1 rings (SSSR count). The molecule has 0 aliphatic carbocycles. The molecule has 1 N–H and O–H groups in total. The van der Waals surface area contributed by atoms with E-state index in [4.69, 9.17) is 11.6 Å². The van der Waals surface area contributed by atoms with Crippen LogP contribution >= 0.6 is 11.6 Å². The van der Waals surface area contributed by atoms with Gasteiger partial charge in [0.25, 0.3) is 0 Å². The molecule has 0 aliphatic heterocycles. The lowest BCUT2D eigenvalue weighted by atomic mass is 10.1. The molecule has 0 amide bonds. The number of aliphatic hydroxyl groups is 1. The average Bonchev–Trinajstić information content (AvgIpc) is 2.03. The molecule has 0 heterocycles. The Balaban J connectivity index is 2.76. The molecule has 0 unspecified atom stereocenters. The fourth-order valence-corrected chi connectivity index (χ4v) is 1.25. The minimum absolute atomic E-state index is 0.0281. The summed E-state index contributed by atoms with van der Waals surface area (Å²) in [6.45, 7) is 3.19. The first-order valence-electron chi connectivity index (χ1n) is 3.88. The van der Waals surface area contributed by atoms with E-state index in [-0.39, 0.29) is 12.2 Å². The van der Waals surface area contributed by atoms with Crippen LogP contribution in [-0.2, 0) is 4.79 Å². The number of carbonyl (C=O) groups excluding carboxylic acids is 1. The van der Waals surface area contributed by atoms with Crippen LogP contribution in [0, 0.1) is 6.92 Å². The summed E-state index contributed by atoms with van der Waals surface area (Å²) in [5.74, 6) is -0.285. The summed E-state index contributed by atoms with van der Waals surface area (Å²) in [6, 6.07) is 6.80. The Bertz CT molecular complexity index is 310. The first kappa shape index (κ1) is 10.1. The van der Waals surface area contributed by atoms with Crippen molar-refractivity contribution >= 4 is 17.4 Å². The van der Waals surface area contributed by atoms with Gasteiger partial charge in [0, 0.05) is 5.02 Å². The number of Topliss-reactive ketones (excluding diaryl/α,β-unsaturated/α-hetero) is 1. The van der Waals surface area contributed by atoms with Gasteiger partial charge in [0.2, 0.25) is 0 Å². The van der Waals surface area contributed by atoms with Gasteiger partial charge in [-0.25, -0.2) is 4.79 Å². The van der Waals surface area contributed by atoms with Crippen molar-refractivity contribution in [2.75, 3.05) is 0 Å². The van der Waals surface area contributed by atoms with E-state index in [9.17, 15) is 9.90 Å². The maximum atomic E-state index is 10.6. The van der Waals surface area contributed by atoms with E-state index in [2.05, 4.69) is 6.92 Å². The van der Waals surface area contributed by atoms with Crippen LogP contribution in [0.1, 0.15) is 18.1 Å². The van der Waals surface area contributed by atoms with Crippen molar-refractivity contribution in [1.82, 2.24) is 0 Å². The van der Waals surface area contributed by atoms with Crippen LogP contribution in [0.3, 0.4) is 0 Å². The Morgan fingerprint density at radius 3 is 2.85 bits per heavy atom. The molecule has 0 aromatic heterocycles. The van der Waals surface area contributed by atoms with Gasteiger partial charge in [-0.2, -0.15) is 0 Å². The highest BCUT2D eigenvalue weighted by atomic mass is 35.5. The summed E-state index contributed by atoms with van der Waals surface area (Å²) in [5, 5.41) is 10.0. The van der Waals surface area contributed by atoms with Gasteiger partial charge in [0.15, 0.2) is 0 Å². The predicted octanol–water partition coefficient (Wildman–Crippen LogP) is 2.17. The molecule has 0 bridgehead atoms. The van der Waals surface area contributed by atoms with Crippen LogP contribution in [0.4, 0.5) is 0 Å². The fraction of sp³-hybridized carbons (Fsp3) is 0.200. The van der Waals surface area contributed by atoms with Crippen molar-refractivity contribution in [1.29, 1.82) is 0 Å². The zero-order valence-electron chi connectivity index (χ0n) is 7.03. The van der Waals surface area contributed by atoms with Crippen LogP contribution < -0.4 is 0 Å². The number of rotatable bonds is 3. The number of benzene rings is 1. The zero-order valence-corrected chi connectivity index (χ0v) is 7.79. The number of ketones is 1. The molecular weight excluding hydrogens is 188 g/mol. The van der Waals surface area contributed by atoms with Gasteiger partial charge in [-0.3, -0.25) is 0 Å². The van der Waals surface area contributed by atoms with Gasteiger partial charge in [0.1, 0.15) is 6.92 Å². The Morgan fingerprint density at radius 2 is 2.31 bits per heavy atom. The molecule has 2 nitrogen and oxygen atoms in total. The van der Waals surface area contributed by atoms with Crippen LogP contribution in [0.5, 0.6) is 0 Å². The van der Waals surface area contributed by atoms with Crippen molar-refractivity contribution in [2.24, 2.45) is 0 Å². The molecule has 3 heteroatoms. The molecule has 0 fully saturated rings. The number of hydrogen-bond donors (Lipinski definition) is 1. The second kappa shape index (κ2) is 4.30. The van der Waals surface area contributed by atoms with E-state index in [0.717, 1.165) is 0 Å². The van der Waals surface area contributed by atoms with Gasteiger partial charge >= 0.3 is 5.78 Å². The number of carbonyl (C=O) groups is 1. The maximum Gasteiger partial charge on any atom is 0.306 e. The Hall–Kier alpha value is -0.990. The molecule has 68 valence electrons. The lowest BCUT2D eigenvalue weighted by molar-refractivity contribution is -0.116. The van der Waals surface area contributed by atoms with Crippen molar-refractivity contribution in [3.8, 4) is 0 Å².